The zero-order valence-electron chi connectivity index (χ0n) is 16.9. The molecule has 0 saturated carbocycles. The third-order valence-electron chi connectivity index (χ3n) is 5.47. The standard InChI is InChI=1S/C19H30N2O6S3/c1-9(22)13(17-15(24)14(23)16(25)19(27-17)28-2)21-18(26)12-6-11(7-20-12)30-8-10-4-3-5-29-10/h3-5,9,11-17,19-20,22-25H,6-8H2,1-2H3,(H,21,26)/t9-,11+,12+,13-,14+,15-,16-,17-,19-/m1/s1. The van der Waals surface area contributed by atoms with E-state index >= 15 is 0 Å². The summed E-state index contributed by atoms with van der Waals surface area (Å²) in [6.45, 7) is 2.21. The van der Waals surface area contributed by atoms with Gasteiger partial charge in [0.15, 0.2) is 0 Å². The summed E-state index contributed by atoms with van der Waals surface area (Å²) in [6, 6.07) is 2.79. The number of ether oxygens (including phenoxy) is 1. The minimum Gasteiger partial charge on any atom is -0.391 e. The van der Waals surface area contributed by atoms with Gasteiger partial charge in [-0.05, 0) is 31.0 Å². The first-order chi connectivity index (χ1) is 14.3. The largest absolute Gasteiger partial charge is 0.391 e. The van der Waals surface area contributed by atoms with E-state index in [1.54, 1.807) is 17.6 Å². The molecule has 0 bridgehead atoms. The van der Waals surface area contributed by atoms with Crippen molar-refractivity contribution in [3.8, 4) is 0 Å². The van der Waals surface area contributed by atoms with Crippen LogP contribution in [0.25, 0.3) is 0 Å². The summed E-state index contributed by atoms with van der Waals surface area (Å²) in [7, 11) is 0. The van der Waals surface area contributed by atoms with Gasteiger partial charge in [-0.15, -0.1) is 23.1 Å². The Kier molecular flexibility index (Phi) is 8.88. The highest BCUT2D eigenvalue weighted by molar-refractivity contribution is 7.99. The highest BCUT2D eigenvalue weighted by Gasteiger charge is 2.48. The maximum Gasteiger partial charge on any atom is 0.237 e. The number of carbonyl (C=O) groups is 1. The van der Waals surface area contributed by atoms with Crippen molar-refractivity contribution in [1.29, 1.82) is 0 Å². The molecule has 6 N–H and O–H groups in total. The first-order valence-corrected chi connectivity index (χ1v) is 13.1. The minimum absolute atomic E-state index is 0.280. The number of aliphatic hydroxyl groups excluding tert-OH is 4. The number of nitrogens with one attached hydrogen (secondary N) is 2. The number of amides is 1. The molecule has 1 aromatic rings. The number of rotatable bonds is 8. The molecule has 0 radical (unpaired) electrons. The summed E-state index contributed by atoms with van der Waals surface area (Å²) in [5, 5.41) is 49.2. The van der Waals surface area contributed by atoms with Crippen molar-refractivity contribution in [2.45, 2.75) is 72.4 Å². The lowest BCUT2D eigenvalue weighted by Gasteiger charge is -2.44. The SMILES string of the molecule is CS[C@H]1O[C@H]([C@H](NC(=O)[C@@H]2C[C@H](SCc3cccs3)CN2)[C@@H](C)O)[C@H](O)[C@H](O)[C@H]1O. The molecule has 11 heteroatoms. The van der Waals surface area contributed by atoms with Crippen molar-refractivity contribution < 1.29 is 30.0 Å². The number of thiophene rings is 1. The molecule has 8 nitrogen and oxygen atoms in total. The van der Waals surface area contributed by atoms with Crippen LogP contribution in [0.1, 0.15) is 18.2 Å². The van der Waals surface area contributed by atoms with Crippen LogP contribution in [-0.2, 0) is 15.3 Å². The van der Waals surface area contributed by atoms with Crippen molar-refractivity contribution in [3.05, 3.63) is 22.4 Å². The molecule has 0 unspecified atom stereocenters. The van der Waals surface area contributed by atoms with Gasteiger partial charge in [-0.25, -0.2) is 0 Å². The summed E-state index contributed by atoms with van der Waals surface area (Å²) < 4.78 is 5.72. The first-order valence-electron chi connectivity index (χ1n) is 9.90. The van der Waals surface area contributed by atoms with E-state index in [0.29, 0.717) is 11.7 Å². The third kappa shape index (κ3) is 5.70. The monoisotopic (exact) mass is 478 g/mol. The Morgan fingerprint density at radius 1 is 1.37 bits per heavy atom. The molecule has 9 atom stereocenters. The van der Waals surface area contributed by atoms with Gasteiger partial charge in [0.05, 0.1) is 18.2 Å². The van der Waals surface area contributed by atoms with E-state index in [1.165, 1.54) is 23.6 Å². The van der Waals surface area contributed by atoms with Gasteiger partial charge in [0, 0.05) is 22.4 Å². The molecule has 2 fully saturated rings. The second-order valence-electron chi connectivity index (χ2n) is 7.66. The Hall–Kier alpha value is -0.370. The van der Waals surface area contributed by atoms with Crippen molar-refractivity contribution in [3.63, 3.8) is 0 Å². The van der Waals surface area contributed by atoms with E-state index in [1.807, 2.05) is 17.8 Å². The third-order valence-corrected chi connectivity index (χ3v) is 8.69. The molecule has 30 heavy (non-hydrogen) atoms. The van der Waals surface area contributed by atoms with Crippen molar-refractivity contribution >= 4 is 40.8 Å². The molecule has 2 saturated heterocycles. The predicted octanol–water partition coefficient (Wildman–Crippen LogP) is -0.252. The summed E-state index contributed by atoms with van der Waals surface area (Å²) in [5.41, 5.74) is -0.769. The summed E-state index contributed by atoms with van der Waals surface area (Å²) in [5.74, 6) is 0.629. The second kappa shape index (κ2) is 11.0. The number of aliphatic hydroxyl groups is 4. The molecule has 170 valence electrons. The van der Waals surface area contributed by atoms with E-state index in [0.717, 1.165) is 12.3 Å². The van der Waals surface area contributed by atoms with Gasteiger partial charge in [-0.3, -0.25) is 4.79 Å². The van der Waals surface area contributed by atoms with Crippen molar-refractivity contribution in [1.82, 2.24) is 10.6 Å². The summed E-state index contributed by atoms with van der Waals surface area (Å²) >= 11 is 4.72. The molecule has 1 amide bonds. The van der Waals surface area contributed by atoms with Gasteiger partial charge >= 0.3 is 0 Å². The molecule has 0 spiro atoms. The van der Waals surface area contributed by atoms with Gasteiger partial charge in [-0.1, -0.05) is 6.07 Å². The van der Waals surface area contributed by atoms with E-state index < -0.39 is 48.0 Å². The summed E-state index contributed by atoms with van der Waals surface area (Å²) in [6.07, 6.45) is -3.82. The molecular weight excluding hydrogens is 448 g/mol. The van der Waals surface area contributed by atoms with E-state index in [4.69, 9.17) is 4.74 Å². The maximum absolute atomic E-state index is 12.8. The summed E-state index contributed by atoms with van der Waals surface area (Å²) in [4.78, 5) is 14.1. The zero-order chi connectivity index (χ0) is 21.8. The lowest BCUT2D eigenvalue weighted by molar-refractivity contribution is -0.211. The molecule has 2 aliphatic rings. The molecule has 3 rings (SSSR count). The van der Waals surface area contributed by atoms with Crippen LogP contribution in [0.5, 0.6) is 0 Å². The van der Waals surface area contributed by atoms with Crippen LogP contribution in [0.2, 0.25) is 0 Å². The van der Waals surface area contributed by atoms with E-state index in [9.17, 15) is 25.2 Å². The molecule has 1 aromatic heterocycles. The average molecular weight is 479 g/mol. The maximum atomic E-state index is 12.8. The van der Waals surface area contributed by atoms with Crippen LogP contribution in [0, 0.1) is 0 Å². The van der Waals surface area contributed by atoms with Crippen molar-refractivity contribution in [2.24, 2.45) is 0 Å². The molecule has 0 aliphatic carbocycles. The number of hydrogen-bond acceptors (Lipinski definition) is 10. The highest BCUT2D eigenvalue weighted by Crippen LogP contribution is 2.30. The Balaban J connectivity index is 1.57. The normalized spacial score (nSPS) is 36.4. The fraction of sp³-hybridized carbons (Fsp3) is 0.737. The fourth-order valence-electron chi connectivity index (χ4n) is 3.73. The Morgan fingerprint density at radius 2 is 2.13 bits per heavy atom. The molecule has 3 heterocycles. The fourth-order valence-corrected chi connectivity index (χ4v) is 6.42. The minimum atomic E-state index is -1.44. The predicted molar refractivity (Wildman–Crippen MR) is 120 cm³/mol. The van der Waals surface area contributed by atoms with Gasteiger partial charge in [-0.2, -0.15) is 11.8 Å². The van der Waals surface area contributed by atoms with E-state index in [-0.39, 0.29) is 5.91 Å². The van der Waals surface area contributed by atoms with Gasteiger partial charge in [0.1, 0.15) is 29.9 Å². The van der Waals surface area contributed by atoms with E-state index in [2.05, 4.69) is 22.1 Å². The van der Waals surface area contributed by atoms with Crippen molar-refractivity contribution in [2.75, 3.05) is 12.8 Å². The van der Waals surface area contributed by atoms with Crippen LogP contribution < -0.4 is 10.6 Å². The molecule has 0 aromatic carbocycles. The quantitative estimate of drug-likeness (QED) is 0.299. The van der Waals surface area contributed by atoms with Crippen LogP contribution in [0.4, 0.5) is 0 Å². The lowest BCUT2D eigenvalue weighted by atomic mass is 9.92. The topological polar surface area (TPSA) is 131 Å². The lowest BCUT2D eigenvalue weighted by Crippen LogP contribution is -2.65. The number of thioether (sulfide) groups is 2. The van der Waals surface area contributed by atoms with Gasteiger partial charge < -0.3 is 35.8 Å². The van der Waals surface area contributed by atoms with Crippen LogP contribution in [-0.4, -0.2) is 92.4 Å². The number of hydrogen-bond donors (Lipinski definition) is 6. The zero-order valence-corrected chi connectivity index (χ0v) is 19.3. The van der Waals surface area contributed by atoms with Gasteiger partial charge in [0.2, 0.25) is 5.91 Å². The van der Waals surface area contributed by atoms with Crippen LogP contribution in [0.3, 0.4) is 0 Å². The molecule has 2 aliphatic heterocycles. The van der Waals surface area contributed by atoms with Crippen LogP contribution >= 0.6 is 34.9 Å². The Labute approximate surface area is 188 Å². The highest BCUT2D eigenvalue weighted by atomic mass is 32.2. The average Bonchev–Trinajstić information content (AvgIpc) is 3.41. The Bertz CT molecular complexity index is 677. The smallest absolute Gasteiger partial charge is 0.237 e. The van der Waals surface area contributed by atoms with Crippen LogP contribution in [0.15, 0.2) is 17.5 Å². The second-order valence-corrected chi connectivity index (χ2v) is 10.9. The Morgan fingerprint density at radius 3 is 2.77 bits per heavy atom. The van der Waals surface area contributed by atoms with Gasteiger partial charge in [0.25, 0.3) is 0 Å². The first kappa shape index (κ1) is 24.3. The molecular formula is C19H30N2O6S3. The number of carbonyl (C=O) groups excluding carboxylic acids is 1.